The molecular formula is C16H22N2O5. The van der Waals surface area contributed by atoms with Gasteiger partial charge in [-0.05, 0) is 25.0 Å². The summed E-state index contributed by atoms with van der Waals surface area (Å²) >= 11 is 0. The van der Waals surface area contributed by atoms with E-state index in [9.17, 15) is 14.4 Å². The van der Waals surface area contributed by atoms with Crippen molar-refractivity contribution in [3.05, 3.63) is 29.8 Å². The maximum Gasteiger partial charge on any atom is 0.318 e. The van der Waals surface area contributed by atoms with Gasteiger partial charge in [0, 0.05) is 0 Å². The van der Waals surface area contributed by atoms with Gasteiger partial charge in [-0.3, -0.25) is 14.9 Å². The Morgan fingerprint density at radius 1 is 1.17 bits per heavy atom. The third-order valence-electron chi connectivity index (χ3n) is 2.96. The molecule has 23 heavy (non-hydrogen) atoms. The van der Waals surface area contributed by atoms with Gasteiger partial charge in [-0.15, -0.1) is 0 Å². The average molecular weight is 322 g/mol. The SMILES string of the molecule is Cc1ccc(OCCC(=O)O[C@@H](C(=O)NC(N)=O)C(C)C)cc1. The number of aryl methyl sites for hydroxylation is 1. The van der Waals surface area contributed by atoms with Crippen LogP contribution in [0.3, 0.4) is 0 Å². The molecule has 0 aliphatic rings. The standard InChI is InChI=1S/C16H22N2O5/c1-10(2)14(15(20)18-16(17)21)23-13(19)8-9-22-12-6-4-11(3)5-7-12/h4-7,10,14H,8-9H2,1-3H3,(H3,17,18,20,21)/t14-/m1/s1. The van der Waals surface area contributed by atoms with E-state index in [4.69, 9.17) is 15.2 Å². The number of rotatable bonds is 7. The number of esters is 1. The summed E-state index contributed by atoms with van der Waals surface area (Å²) < 4.78 is 10.5. The van der Waals surface area contributed by atoms with Gasteiger partial charge in [0.1, 0.15) is 5.75 Å². The van der Waals surface area contributed by atoms with Crippen molar-refractivity contribution >= 4 is 17.9 Å². The monoisotopic (exact) mass is 322 g/mol. The lowest BCUT2D eigenvalue weighted by Gasteiger charge is -2.19. The highest BCUT2D eigenvalue weighted by Gasteiger charge is 2.27. The van der Waals surface area contributed by atoms with Crippen molar-refractivity contribution in [2.24, 2.45) is 11.7 Å². The highest BCUT2D eigenvalue weighted by Crippen LogP contribution is 2.12. The molecule has 1 rings (SSSR count). The van der Waals surface area contributed by atoms with Crippen molar-refractivity contribution in [1.29, 1.82) is 0 Å². The molecule has 126 valence electrons. The first kappa shape index (κ1) is 18.5. The summed E-state index contributed by atoms with van der Waals surface area (Å²) in [6.45, 7) is 5.48. The van der Waals surface area contributed by atoms with Gasteiger partial charge in [-0.1, -0.05) is 31.5 Å². The number of hydrogen-bond donors (Lipinski definition) is 2. The second-order valence-corrected chi connectivity index (χ2v) is 5.42. The normalized spacial score (nSPS) is 11.7. The van der Waals surface area contributed by atoms with Crippen LogP contribution >= 0.6 is 0 Å². The first-order valence-electron chi connectivity index (χ1n) is 7.29. The largest absolute Gasteiger partial charge is 0.493 e. The molecule has 3 N–H and O–H groups in total. The number of imide groups is 1. The third-order valence-corrected chi connectivity index (χ3v) is 2.96. The molecule has 0 heterocycles. The van der Waals surface area contributed by atoms with E-state index in [1.54, 1.807) is 26.0 Å². The highest BCUT2D eigenvalue weighted by atomic mass is 16.6. The average Bonchev–Trinajstić information content (AvgIpc) is 2.45. The number of amides is 3. The minimum atomic E-state index is -1.07. The molecule has 1 atom stereocenters. The molecule has 0 unspecified atom stereocenters. The number of primary amides is 1. The van der Waals surface area contributed by atoms with Gasteiger partial charge in [-0.25, -0.2) is 4.79 Å². The van der Waals surface area contributed by atoms with Crippen molar-refractivity contribution in [2.45, 2.75) is 33.3 Å². The van der Waals surface area contributed by atoms with Crippen molar-refractivity contribution in [2.75, 3.05) is 6.61 Å². The molecule has 1 aromatic rings. The van der Waals surface area contributed by atoms with Crippen LogP contribution < -0.4 is 15.8 Å². The summed E-state index contributed by atoms with van der Waals surface area (Å²) in [6, 6.07) is 6.42. The summed E-state index contributed by atoms with van der Waals surface area (Å²) in [5.74, 6) is -0.970. The van der Waals surface area contributed by atoms with Gasteiger partial charge >= 0.3 is 12.0 Å². The fraction of sp³-hybridized carbons (Fsp3) is 0.438. The summed E-state index contributed by atoms with van der Waals surface area (Å²) in [4.78, 5) is 34.2. The van der Waals surface area contributed by atoms with Gasteiger partial charge in [0.25, 0.3) is 5.91 Å². The van der Waals surface area contributed by atoms with Gasteiger partial charge in [0.15, 0.2) is 6.10 Å². The van der Waals surface area contributed by atoms with Crippen molar-refractivity contribution < 1.29 is 23.9 Å². The van der Waals surface area contributed by atoms with Crippen LogP contribution in [0.15, 0.2) is 24.3 Å². The van der Waals surface area contributed by atoms with Crippen LogP contribution in [0.1, 0.15) is 25.8 Å². The Kier molecular flexibility index (Phi) is 7.05. The van der Waals surface area contributed by atoms with Crippen LogP contribution in [0.4, 0.5) is 4.79 Å². The molecule has 0 saturated heterocycles. The van der Waals surface area contributed by atoms with E-state index in [1.807, 2.05) is 24.4 Å². The van der Waals surface area contributed by atoms with E-state index in [1.165, 1.54) is 0 Å². The molecule has 1 aromatic carbocycles. The highest BCUT2D eigenvalue weighted by molar-refractivity contribution is 5.96. The molecule has 0 saturated carbocycles. The lowest BCUT2D eigenvalue weighted by molar-refractivity contribution is -0.158. The number of benzene rings is 1. The van der Waals surface area contributed by atoms with E-state index >= 15 is 0 Å². The molecule has 0 aliphatic carbocycles. The number of ether oxygens (including phenoxy) is 2. The van der Waals surface area contributed by atoms with E-state index < -0.39 is 24.0 Å². The Hall–Kier alpha value is -2.57. The number of carbonyl (C=O) groups is 3. The molecular weight excluding hydrogens is 300 g/mol. The van der Waals surface area contributed by atoms with Crippen molar-refractivity contribution in [3.8, 4) is 5.75 Å². The van der Waals surface area contributed by atoms with Crippen molar-refractivity contribution in [3.63, 3.8) is 0 Å². The first-order valence-corrected chi connectivity index (χ1v) is 7.29. The summed E-state index contributed by atoms with van der Waals surface area (Å²) in [7, 11) is 0. The molecule has 0 aliphatic heterocycles. The molecule has 0 fully saturated rings. The Morgan fingerprint density at radius 3 is 2.30 bits per heavy atom. The number of carbonyl (C=O) groups excluding carboxylic acids is 3. The summed E-state index contributed by atoms with van der Waals surface area (Å²) in [5.41, 5.74) is 5.99. The molecule has 0 spiro atoms. The fourth-order valence-electron chi connectivity index (χ4n) is 1.77. The lowest BCUT2D eigenvalue weighted by atomic mass is 10.1. The molecule has 0 aromatic heterocycles. The van der Waals surface area contributed by atoms with Gasteiger partial charge in [0.05, 0.1) is 13.0 Å². The molecule has 7 nitrogen and oxygen atoms in total. The number of urea groups is 1. The maximum atomic E-state index is 11.8. The Balaban J connectivity index is 2.44. The topological polar surface area (TPSA) is 108 Å². The third kappa shape index (κ3) is 6.82. The van der Waals surface area contributed by atoms with Crippen LogP contribution in [0.25, 0.3) is 0 Å². The van der Waals surface area contributed by atoms with Crippen molar-refractivity contribution in [1.82, 2.24) is 5.32 Å². The summed E-state index contributed by atoms with van der Waals surface area (Å²) in [5, 5.41) is 1.91. The zero-order valence-electron chi connectivity index (χ0n) is 13.5. The smallest absolute Gasteiger partial charge is 0.318 e. The predicted octanol–water partition coefficient (Wildman–Crippen LogP) is 1.53. The van der Waals surface area contributed by atoms with Crippen LogP contribution in [-0.4, -0.2) is 30.6 Å². The Morgan fingerprint density at radius 2 is 1.78 bits per heavy atom. The number of nitrogens with two attached hydrogens (primary N) is 1. The van der Waals surface area contributed by atoms with E-state index in [0.29, 0.717) is 5.75 Å². The summed E-state index contributed by atoms with van der Waals surface area (Å²) in [6.07, 6.45) is -1.09. The quantitative estimate of drug-likeness (QED) is 0.740. The van der Waals surface area contributed by atoms with Crippen LogP contribution in [0.2, 0.25) is 0 Å². The zero-order valence-corrected chi connectivity index (χ0v) is 13.5. The maximum absolute atomic E-state index is 11.8. The molecule has 0 radical (unpaired) electrons. The van der Waals surface area contributed by atoms with Gasteiger partial charge in [-0.2, -0.15) is 0 Å². The van der Waals surface area contributed by atoms with Crippen LogP contribution in [0, 0.1) is 12.8 Å². The van der Waals surface area contributed by atoms with Crippen LogP contribution in [0.5, 0.6) is 5.75 Å². The molecule has 7 heteroatoms. The van der Waals surface area contributed by atoms with Gasteiger partial charge in [0.2, 0.25) is 0 Å². The lowest BCUT2D eigenvalue weighted by Crippen LogP contribution is -2.45. The van der Waals surface area contributed by atoms with E-state index in [-0.39, 0.29) is 18.9 Å². The molecule has 3 amide bonds. The number of nitrogens with one attached hydrogen (secondary N) is 1. The second kappa shape index (κ2) is 8.77. The minimum Gasteiger partial charge on any atom is -0.493 e. The minimum absolute atomic E-state index is 0.0129. The number of hydrogen-bond acceptors (Lipinski definition) is 5. The first-order chi connectivity index (χ1) is 10.8. The second-order valence-electron chi connectivity index (χ2n) is 5.42. The van der Waals surface area contributed by atoms with E-state index in [2.05, 4.69) is 0 Å². The van der Waals surface area contributed by atoms with E-state index in [0.717, 1.165) is 5.56 Å². The van der Waals surface area contributed by atoms with Crippen LogP contribution in [-0.2, 0) is 14.3 Å². The zero-order chi connectivity index (χ0) is 17.4. The van der Waals surface area contributed by atoms with Gasteiger partial charge < -0.3 is 15.2 Å². The Labute approximate surface area is 135 Å². The predicted molar refractivity (Wildman–Crippen MR) is 83.7 cm³/mol. The Bertz CT molecular complexity index is 554. The fourth-order valence-corrected chi connectivity index (χ4v) is 1.77. The molecule has 0 bridgehead atoms.